The maximum atomic E-state index is 13.4. The molecule has 0 aromatic heterocycles. The van der Waals surface area contributed by atoms with Crippen molar-refractivity contribution in [2.24, 2.45) is 0 Å². The van der Waals surface area contributed by atoms with Crippen LogP contribution >= 0.6 is 0 Å². The van der Waals surface area contributed by atoms with Crippen molar-refractivity contribution < 1.29 is 27.1 Å². The lowest BCUT2D eigenvalue weighted by atomic mass is 9.87. The summed E-state index contributed by atoms with van der Waals surface area (Å²) in [7, 11) is 0. The Kier molecular flexibility index (Phi) is 3.76. The zero-order valence-corrected chi connectivity index (χ0v) is 9.25. The summed E-state index contributed by atoms with van der Waals surface area (Å²) in [4.78, 5) is 0. The third-order valence-corrected chi connectivity index (χ3v) is 2.84. The van der Waals surface area contributed by atoms with Gasteiger partial charge in [0.05, 0.1) is 11.2 Å². The van der Waals surface area contributed by atoms with E-state index in [1.807, 2.05) is 0 Å². The maximum Gasteiger partial charge on any atom is 0.200 e. The summed E-state index contributed by atoms with van der Waals surface area (Å²) in [6.07, 6.45) is -0.330. The standard InChI is InChI=1S/C11H11F5O/c1-3-11(17,4-2)5-6(12)8(14)10(16)9(15)7(5)13/h17H,3-4H2,1-2H3. The average Bonchev–Trinajstić information content (AvgIpc) is 2.33. The lowest BCUT2D eigenvalue weighted by Gasteiger charge is -2.26. The van der Waals surface area contributed by atoms with Crippen molar-refractivity contribution in [2.45, 2.75) is 32.3 Å². The molecular weight excluding hydrogens is 243 g/mol. The van der Waals surface area contributed by atoms with Crippen LogP contribution in [0.2, 0.25) is 0 Å². The van der Waals surface area contributed by atoms with Gasteiger partial charge < -0.3 is 5.11 Å². The second-order valence-electron chi connectivity index (χ2n) is 3.68. The number of halogens is 5. The molecule has 1 aromatic rings. The minimum atomic E-state index is -2.22. The lowest BCUT2D eigenvalue weighted by molar-refractivity contribution is 0.0192. The fourth-order valence-electron chi connectivity index (χ4n) is 1.62. The molecule has 0 unspecified atom stereocenters. The highest BCUT2D eigenvalue weighted by Gasteiger charge is 2.37. The van der Waals surface area contributed by atoms with E-state index in [9.17, 15) is 27.1 Å². The van der Waals surface area contributed by atoms with Crippen molar-refractivity contribution in [3.63, 3.8) is 0 Å². The Morgan fingerprint density at radius 2 is 1.06 bits per heavy atom. The van der Waals surface area contributed by atoms with Gasteiger partial charge >= 0.3 is 0 Å². The summed E-state index contributed by atoms with van der Waals surface area (Å²) < 4.78 is 65.4. The van der Waals surface area contributed by atoms with Crippen LogP contribution in [0.4, 0.5) is 22.0 Å². The van der Waals surface area contributed by atoms with E-state index in [0.29, 0.717) is 0 Å². The van der Waals surface area contributed by atoms with E-state index in [2.05, 4.69) is 0 Å². The van der Waals surface area contributed by atoms with Crippen molar-refractivity contribution in [1.29, 1.82) is 0 Å². The molecule has 0 aliphatic heterocycles. The first-order chi connectivity index (χ1) is 7.80. The van der Waals surface area contributed by atoms with Gasteiger partial charge in [0.1, 0.15) is 0 Å². The molecular formula is C11H11F5O. The van der Waals surface area contributed by atoms with Crippen LogP contribution in [0.25, 0.3) is 0 Å². The first kappa shape index (κ1) is 13.9. The number of hydrogen-bond donors (Lipinski definition) is 1. The number of aliphatic hydroxyl groups is 1. The summed E-state index contributed by atoms with van der Waals surface area (Å²) in [5.41, 5.74) is -3.23. The molecule has 0 aliphatic rings. The van der Waals surface area contributed by atoms with Gasteiger partial charge in [0.25, 0.3) is 0 Å². The molecule has 0 radical (unpaired) electrons. The molecule has 1 aromatic carbocycles. The van der Waals surface area contributed by atoms with E-state index in [-0.39, 0.29) is 12.8 Å². The van der Waals surface area contributed by atoms with Gasteiger partial charge in [0.2, 0.25) is 5.82 Å². The molecule has 96 valence electrons. The van der Waals surface area contributed by atoms with E-state index in [0.717, 1.165) is 0 Å². The first-order valence-electron chi connectivity index (χ1n) is 5.04. The van der Waals surface area contributed by atoms with Gasteiger partial charge in [0, 0.05) is 0 Å². The van der Waals surface area contributed by atoms with Crippen LogP contribution in [0.3, 0.4) is 0 Å². The number of benzene rings is 1. The fraction of sp³-hybridized carbons (Fsp3) is 0.455. The molecule has 6 heteroatoms. The van der Waals surface area contributed by atoms with Crippen LogP contribution in [-0.2, 0) is 5.60 Å². The molecule has 17 heavy (non-hydrogen) atoms. The molecule has 0 aliphatic carbocycles. The van der Waals surface area contributed by atoms with E-state index < -0.39 is 40.3 Å². The van der Waals surface area contributed by atoms with Crippen LogP contribution in [0.5, 0.6) is 0 Å². The van der Waals surface area contributed by atoms with Gasteiger partial charge in [0.15, 0.2) is 23.3 Å². The predicted octanol–water partition coefficient (Wildman–Crippen LogP) is 3.39. The Labute approximate surface area is 94.9 Å². The zero-order chi connectivity index (χ0) is 13.4. The SMILES string of the molecule is CCC(O)(CC)c1c(F)c(F)c(F)c(F)c1F. The summed E-state index contributed by atoms with van der Waals surface area (Å²) in [6, 6.07) is 0. The van der Waals surface area contributed by atoms with Gasteiger partial charge in [-0.15, -0.1) is 0 Å². The Morgan fingerprint density at radius 3 is 1.35 bits per heavy atom. The van der Waals surface area contributed by atoms with Gasteiger partial charge in [-0.05, 0) is 12.8 Å². The second kappa shape index (κ2) is 4.60. The molecule has 0 atom stereocenters. The fourth-order valence-corrected chi connectivity index (χ4v) is 1.62. The third kappa shape index (κ3) is 2.01. The summed E-state index contributed by atoms with van der Waals surface area (Å²) in [5, 5.41) is 9.87. The number of hydrogen-bond acceptors (Lipinski definition) is 1. The van der Waals surface area contributed by atoms with Crippen LogP contribution in [0.15, 0.2) is 0 Å². The largest absolute Gasteiger partial charge is 0.385 e. The molecule has 1 N–H and O–H groups in total. The molecule has 0 fully saturated rings. The molecule has 0 bridgehead atoms. The predicted molar refractivity (Wildman–Crippen MR) is 50.7 cm³/mol. The van der Waals surface area contributed by atoms with E-state index in [1.165, 1.54) is 13.8 Å². The van der Waals surface area contributed by atoms with Gasteiger partial charge in [-0.1, -0.05) is 13.8 Å². The van der Waals surface area contributed by atoms with Crippen molar-refractivity contribution in [2.75, 3.05) is 0 Å². The van der Waals surface area contributed by atoms with Crippen LogP contribution in [-0.4, -0.2) is 5.11 Å². The van der Waals surface area contributed by atoms with Crippen LogP contribution < -0.4 is 0 Å². The minimum Gasteiger partial charge on any atom is -0.385 e. The Bertz CT molecular complexity index is 411. The van der Waals surface area contributed by atoms with E-state index in [1.54, 1.807) is 0 Å². The van der Waals surface area contributed by atoms with Crippen molar-refractivity contribution >= 4 is 0 Å². The van der Waals surface area contributed by atoms with Gasteiger partial charge in [-0.25, -0.2) is 22.0 Å². The first-order valence-corrected chi connectivity index (χ1v) is 5.04. The minimum absolute atomic E-state index is 0.165. The molecule has 1 rings (SSSR count). The summed E-state index contributed by atoms with van der Waals surface area (Å²) in [5.74, 6) is -10.3. The van der Waals surface area contributed by atoms with Crippen molar-refractivity contribution in [3.8, 4) is 0 Å². The monoisotopic (exact) mass is 254 g/mol. The second-order valence-corrected chi connectivity index (χ2v) is 3.68. The highest BCUT2D eigenvalue weighted by atomic mass is 19.2. The lowest BCUT2D eigenvalue weighted by Crippen LogP contribution is -2.28. The maximum absolute atomic E-state index is 13.4. The Morgan fingerprint density at radius 1 is 0.765 bits per heavy atom. The van der Waals surface area contributed by atoms with Crippen molar-refractivity contribution in [3.05, 3.63) is 34.6 Å². The van der Waals surface area contributed by atoms with Crippen LogP contribution in [0, 0.1) is 29.1 Å². The smallest absolute Gasteiger partial charge is 0.200 e. The van der Waals surface area contributed by atoms with Gasteiger partial charge in [-0.2, -0.15) is 0 Å². The quantitative estimate of drug-likeness (QED) is 0.498. The third-order valence-electron chi connectivity index (χ3n) is 2.84. The summed E-state index contributed by atoms with van der Waals surface area (Å²) in [6.45, 7) is 2.78. The Balaban J connectivity index is 3.65. The molecule has 0 heterocycles. The van der Waals surface area contributed by atoms with Crippen molar-refractivity contribution in [1.82, 2.24) is 0 Å². The topological polar surface area (TPSA) is 20.2 Å². The highest BCUT2D eigenvalue weighted by molar-refractivity contribution is 5.29. The molecule has 0 saturated carbocycles. The molecule has 1 nitrogen and oxygen atoms in total. The zero-order valence-electron chi connectivity index (χ0n) is 9.25. The molecule has 0 saturated heterocycles. The van der Waals surface area contributed by atoms with E-state index in [4.69, 9.17) is 0 Å². The van der Waals surface area contributed by atoms with Gasteiger partial charge in [-0.3, -0.25) is 0 Å². The van der Waals surface area contributed by atoms with Crippen LogP contribution in [0.1, 0.15) is 32.3 Å². The average molecular weight is 254 g/mol. The molecule has 0 amide bonds. The number of rotatable bonds is 3. The van der Waals surface area contributed by atoms with E-state index >= 15 is 0 Å². The summed E-state index contributed by atoms with van der Waals surface area (Å²) >= 11 is 0. The molecule has 0 spiro atoms. The normalized spacial score (nSPS) is 12.0. The Hall–Kier alpha value is -1.17. The highest BCUT2D eigenvalue weighted by Crippen LogP contribution is 2.35.